The van der Waals surface area contributed by atoms with Gasteiger partial charge in [0.15, 0.2) is 15.9 Å². The van der Waals surface area contributed by atoms with Gasteiger partial charge in [-0.1, -0.05) is 65.6 Å². The van der Waals surface area contributed by atoms with Crippen molar-refractivity contribution in [2.45, 2.75) is 16.1 Å². The Morgan fingerprint density at radius 3 is 2.56 bits per heavy atom. The number of furan rings is 1. The van der Waals surface area contributed by atoms with E-state index in [2.05, 4.69) is 32.8 Å². The summed E-state index contributed by atoms with van der Waals surface area (Å²) in [5.41, 5.74) is 1.98. The lowest BCUT2D eigenvalue weighted by Crippen LogP contribution is -2.31. The highest BCUT2D eigenvalue weighted by Gasteiger charge is 2.46. The molecule has 0 saturated heterocycles. The van der Waals surface area contributed by atoms with Crippen molar-refractivity contribution in [1.82, 2.24) is 10.2 Å². The zero-order valence-corrected chi connectivity index (χ0v) is 23.7. The van der Waals surface area contributed by atoms with Gasteiger partial charge in [0.2, 0.25) is 10.9 Å². The van der Waals surface area contributed by atoms with Gasteiger partial charge in [-0.2, -0.15) is 0 Å². The molecule has 5 aromatic rings. The number of hydrogen-bond acceptors (Lipinski definition) is 8. The number of hydrogen-bond donors (Lipinski definition) is 1. The topological polar surface area (TPSA) is 96.5 Å². The fourth-order valence-electron chi connectivity index (χ4n) is 4.31. The Balaban J connectivity index is 1.35. The van der Waals surface area contributed by atoms with Crippen molar-refractivity contribution in [3.05, 3.63) is 116 Å². The van der Waals surface area contributed by atoms with Crippen molar-refractivity contribution in [3.63, 3.8) is 0 Å². The zero-order valence-electron chi connectivity index (χ0n) is 19.9. The van der Waals surface area contributed by atoms with Crippen LogP contribution in [-0.2, 0) is 10.5 Å². The van der Waals surface area contributed by atoms with E-state index in [0.717, 1.165) is 14.5 Å². The quantitative estimate of drug-likeness (QED) is 0.0855. The van der Waals surface area contributed by atoms with Gasteiger partial charge < -0.3 is 9.52 Å². The van der Waals surface area contributed by atoms with E-state index in [1.807, 2.05) is 36.4 Å². The highest BCUT2D eigenvalue weighted by Crippen LogP contribution is 2.44. The van der Waals surface area contributed by atoms with Crippen molar-refractivity contribution >= 4 is 73.5 Å². The lowest BCUT2D eigenvalue weighted by Gasteiger charge is -2.23. The van der Waals surface area contributed by atoms with Crippen LogP contribution in [0.3, 0.4) is 0 Å². The summed E-state index contributed by atoms with van der Waals surface area (Å²) in [7, 11) is 0. The molecule has 0 radical (unpaired) electrons. The summed E-state index contributed by atoms with van der Waals surface area (Å²) in [6.07, 6.45) is 0. The van der Waals surface area contributed by atoms with E-state index in [-0.39, 0.29) is 22.3 Å². The van der Waals surface area contributed by atoms with Crippen molar-refractivity contribution < 1.29 is 23.5 Å². The summed E-state index contributed by atoms with van der Waals surface area (Å²) in [5, 5.41) is 20.4. The number of ketones is 1. The van der Waals surface area contributed by atoms with Gasteiger partial charge in [-0.05, 0) is 70.1 Å². The number of carbonyl (C=O) groups is 2. The number of para-hydroxylation sites is 1. The average molecular weight is 669 g/mol. The van der Waals surface area contributed by atoms with Crippen molar-refractivity contribution in [2.24, 2.45) is 0 Å². The molecule has 1 N–H and O–H groups in total. The van der Waals surface area contributed by atoms with E-state index >= 15 is 0 Å². The minimum Gasteiger partial charge on any atom is -0.503 e. The van der Waals surface area contributed by atoms with Crippen LogP contribution in [0, 0.1) is 9.39 Å². The molecule has 7 nitrogen and oxygen atoms in total. The average Bonchev–Trinajstić information content (AvgIpc) is 3.65. The second kappa shape index (κ2) is 10.5. The van der Waals surface area contributed by atoms with Gasteiger partial charge >= 0.3 is 0 Å². The fourth-order valence-corrected chi connectivity index (χ4v) is 6.49. The number of rotatable bonds is 7. The summed E-state index contributed by atoms with van der Waals surface area (Å²) in [6.45, 7) is 0. The van der Waals surface area contributed by atoms with Crippen LogP contribution in [0.15, 0.2) is 99.0 Å². The minimum atomic E-state index is -0.932. The molecule has 0 spiro atoms. The molecule has 39 heavy (non-hydrogen) atoms. The number of fused-ring (bicyclic) bond motifs is 1. The molecule has 1 atom stereocenters. The first-order valence-electron chi connectivity index (χ1n) is 11.7. The molecule has 194 valence electrons. The Hall–Kier alpha value is -3.55. The predicted molar refractivity (Wildman–Crippen MR) is 155 cm³/mol. The number of aromatic nitrogens is 2. The van der Waals surface area contributed by atoms with Crippen molar-refractivity contribution in [3.8, 4) is 0 Å². The number of carbonyl (C=O) groups excluding carboxylic acids is 2. The van der Waals surface area contributed by atoms with Gasteiger partial charge in [0.1, 0.15) is 11.4 Å². The van der Waals surface area contributed by atoms with Crippen LogP contribution in [-0.4, -0.2) is 27.0 Å². The molecule has 2 aromatic heterocycles. The standard InChI is InChI=1S/C28H17FIN3O4S2/c29-18-9-5-15(6-10-18)14-38-28-32-31-27(39-28)33-23(16-7-11-19(30)12-8-16)22(25(35)26(33)36)24(34)21-13-17-3-1-2-4-20(17)37-21/h1-13,23,35H,14H2. The molecule has 0 aliphatic carbocycles. The number of aliphatic hydroxyl groups excluding tert-OH is 1. The normalized spacial score (nSPS) is 15.5. The van der Waals surface area contributed by atoms with Gasteiger partial charge in [0.25, 0.3) is 5.91 Å². The Morgan fingerprint density at radius 2 is 1.82 bits per heavy atom. The predicted octanol–water partition coefficient (Wildman–Crippen LogP) is 7.10. The van der Waals surface area contributed by atoms with Gasteiger partial charge in [-0.25, -0.2) is 4.39 Å². The molecule has 0 fully saturated rings. The maximum atomic E-state index is 13.7. The van der Waals surface area contributed by atoms with Crippen LogP contribution in [0.4, 0.5) is 9.52 Å². The number of anilines is 1. The van der Waals surface area contributed by atoms with E-state index in [0.29, 0.717) is 21.2 Å². The minimum absolute atomic E-state index is 0.0238. The Bertz CT molecular complexity index is 1720. The lowest BCUT2D eigenvalue weighted by molar-refractivity contribution is -0.117. The molecule has 1 amide bonds. The van der Waals surface area contributed by atoms with E-state index < -0.39 is 23.5 Å². The molecule has 3 heterocycles. The molecule has 1 aliphatic rings. The molecular formula is C28H17FIN3O4S2. The van der Waals surface area contributed by atoms with Crippen LogP contribution in [0.5, 0.6) is 0 Å². The molecular weight excluding hydrogens is 652 g/mol. The second-order valence-electron chi connectivity index (χ2n) is 8.63. The van der Waals surface area contributed by atoms with Crippen LogP contribution in [0.25, 0.3) is 11.0 Å². The third-order valence-corrected chi connectivity index (χ3v) is 9.01. The number of halogens is 2. The molecule has 1 aliphatic heterocycles. The van der Waals surface area contributed by atoms with E-state index in [1.165, 1.54) is 40.1 Å². The first kappa shape index (κ1) is 25.7. The number of benzene rings is 3. The van der Waals surface area contributed by atoms with E-state index in [1.54, 1.807) is 30.3 Å². The second-order valence-corrected chi connectivity index (χ2v) is 12.1. The Morgan fingerprint density at radius 1 is 1.08 bits per heavy atom. The monoisotopic (exact) mass is 669 g/mol. The van der Waals surface area contributed by atoms with Crippen molar-refractivity contribution in [2.75, 3.05) is 4.90 Å². The number of thioether (sulfide) groups is 1. The molecule has 0 bridgehead atoms. The smallest absolute Gasteiger partial charge is 0.296 e. The molecule has 0 saturated carbocycles. The van der Waals surface area contributed by atoms with Crippen molar-refractivity contribution in [1.29, 1.82) is 0 Å². The molecule has 11 heteroatoms. The van der Waals surface area contributed by atoms with Crippen LogP contribution in [0.1, 0.15) is 27.7 Å². The molecule has 1 unspecified atom stereocenters. The lowest BCUT2D eigenvalue weighted by atomic mass is 9.95. The maximum absolute atomic E-state index is 13.7. The molecule has 3 aromatic carbocycles. The number of aliphatic hydroxyl groups is 1. The van der Waals surface area contributed by atoms with Gasteiger partial charge in [-0.15, -0.1) is 10.2 Å². The number of Topliss-reactive ketones (excluding diaryl/α,β-unsaturated/α-hetero) is 1. The SMILES string of the molecule is O=C(C1=C(O)C(=O)N(c2nnc(SCc3ccc(F)cc3)s2)C1c1ccc(I)cc1)c1cc2ccccc2o1. The molecule has 6 rings (SSSR count). The van der Waals surface area contributed by atoms with Gasteiger partial charge in [-0.3, -0.25) is 14.5 Å². The maximum Gasteiger partial charge on any atom is 0.296 e. The van der Waals surface area contributed by atoms with E-state index in [4.69, 9.17) is 4.42 Å². The fraction of sp³-hybridized carbons (Fsp3) is 0.0714. The summed E-state index contributed by atoms with van der Waals surface area (Å²) >= 11 is 4.73. The Labute approximate surface area is 243 Å². The van der Waals surface area contributed by atoms with Crippen LogP contribution < -0.4 is 4.90 Å². The van der Waals surface area contributed by atoms with Crippen LogP contribution >= 0.6 is 45.7 Å². The summed E-state index contributed by atoms with van der Waals surface area (Å²) in [5.74, 6) is -1.74. The number of amides is 1. The van der Waals surface area contributed by atoms with E-state index in [9.17, 15) is 19.1 Å². The Kier molecular flexibility index (Phi) is 6.95. The third-order valence-electron chi connectivity index (χ3n) is 6.17. The zero-order chi connectivity index (χ0) is 27.1. The van der Waals surface area contributed by atoms with Crippen LogP contribution in [0.2, 0.25) is 0 Å². The van der Waals surface area contributed by atoms with Gasteiger partial charge in [0.05, 0.1) is 11.6 Å². The largest absolute Gasteiger partial charge is 0.503 e. The highest BCUT2D eigenvalue weighted by atomic mass is 127. The summed E-state index contributed by atoms with van der Waals surface area (Å²) in [4.78, 5) is 28.5. The number of nitrogens with zero attached hydrogens (tertiary/aromatic N) is 3. The summed E-state index contributed by atoms with van der Waals surface area (Å²) < 4.78 is 20.6. The first-order chi connectivity index (χ1) is 18.9. The first-order valence-corrected chi connectivity index (χ1v) is 14.5. The highest BCUT2D eigenvalue weighted by molar-refractivity contribution is 14.1. The third kappa shape index (κ3) is 4.97. The summed E-state index contributed by atoms with van der Waals surface area (Å²) in [6, 6.07) is 21.4. The van der Waals surface area contributed by atoms with Gasteiger partial charge in [0, 0.05) is 14.7 Å².